The van der Waals surface area contributed by atoms with Crippen molar-refractivity contribution in [3.05, 3.63) is 55.0 Å². The largest absolute Gasteiger partial charge is 0.399 e. The molecule has 3 rings (SSSR count). The predicted molar refractivity (Wildman–Crippen MR) is 73.7 cm³/mol. The first kappa shape index (κ1) is 10.5. The molecule has 0 aliphatic heterocycles. The van der Waals surface area contributed by atoms with Crippen LogP contribution in [0.1, 0.15) is 0 Å². The summed E-state index contributed by atoms with van der Waals surface area (Å²) in [6, 6.07) is 11.5. The molecule has 18 heavy (non-hydrogen) atoms. The summed E-state index contributed by atoms with van der Waals surface area (Å²) >= 11 is 0. The van der Waals surface area contributed by atoms with Crippen molar-refractivity contribution in [2.24, 2.45) is 0 Å². The topological polar surface area (TPSA) is 63.8 Å². The number of hydrogen-bond acceptors (Lipinski definition) is 4. The third-order valence-corrected chi connectivity index (χ3v) is 2.72. The molecule has 0 atom stereocenters. The van der Waals surface area contributed by atoms with Crippen molar-refractivity contribution in [3.63, 3.8) is 0 Å². The van der Waals surface area contributed by atoms with Crippen LogP contribution in [0.25, 0.3) is 10.9 Å². The molecule has 0 unspecified atom stereocenters. The zero-order valence-corrected chi connectivity index (χ0v) is 9.67. The second kappa shape index (κ2) is 4.33. The molecule has 1 aromatic carbocycles. The number of nitrogens with zero attached hydrogens (tertiary/aromatic N) is 2. The van der Waals surface area contributed by atoms with Crippen molar-refractivity contribution >= 4 is 28.0 Å². The van der Waals surface area contributed by atoms with Crippen LogP contribution in [0, 0.1) is 0 Å². The van der Waals surface area contributed by atoms with E-state index in [1.165, 1.54) is 0 Å². The van der Waals surface area contributed by atoms with Crippen LogP contribution in [0.5, 0.6) is 0 Å². The molecule has 0 aliphatic carbocycles. The van der Waals surface area contributed by atoms with Gasteiger partial charge in [-0.25, -0.2) is 0 Å². The molecular weight excluding hydrogens is 224 g/mol. The summed E-state index contributed by atoms with van der Waals surface area (Å²) in [5.41, 5.74) is 9.44. The molecule has 0 spiro atoms. The van der Waals surface area contributed by atoms with E-state index in [9.17, 15) is 0 Å². The molecule has 0 bridgehead atoms. The fourth-order valence-corrected chi connectivity index (χ4v) is 1.86. The van der Waals surface area contributed by atoms with Crippen molar-refractivity contribution < 1.29 is 0 Å². The molecule has 4 heteroatoms. The Balaban J connectivity index is 2.09. The number of rotatable bonds is 2. The fourth-order valence-electron chi connectivity index (χ4n) is 1.86. The normalized spacial score (nSPS) is 10.4. The van der Waals surface area contributed by atoms with Gasteiger partial charge in [0, 0.05) is 41.0 Å². The maximum Gasteiger partial charge on any atom is 0.0724 e. The molecule has 2 aromatic heterocycles. The number of fused-ring (bicyclic) bond motifs is 1. The van der Waals surface area contributed by atoms with Crippen LogP contribution in [0.3, 0.4) is 0 Å². The van der Waals surface area contributed by atoms with Crippen LogP contribution < -0.4 is 11.1 Å². The van der Waals surface area contributed by atoms with Crippen molar-refractivity contribution in [3.8, 4) is 0 Å². The monoisotopic (exact) mass is 236 g/mol. The lowest BCUT2D eigenvalue weighted by atomic mass is 10.1. The quantitative estimate of drug-likeness (QED) is 0.671. The minimum Gasteiger partial charge on any atom is -0.399 e. The Morgan fingerprint density at radius 2 is 1.78 bits per heavy atom. The van der Waals surface area contributed by atoms with E-state index in [0.29, 0.717) is 0 Å². The van der Waals surface area contributed by atoms with E-state index in [0.717, 1.165) is 28.0 Å². The summed E-state index contributed by atoms with van der Waals surface area (Å²) in [4.78, 5) is 8.31. The Labute approximate surface area is 104 Å². The third kappa shape index (κ3) is 1.96. The number of hydrogen-bond donors (Lipinski definition) is 2. The fraction of sp³-hybridized carbons (Fsp3) is 0. The zero-order valence-electron chi connectivity index (χ0n) is 9.67. The molecule has 0 fully saturated rings. The SMILES string of the molecule is Nc1ccc2nccc(Nc3ccncc3)c2c1. The highest BCUT2D eigenvalue weighted by Gasteiger charge is 2.02. The maximum atomic E-state index is 5.82. The van der Waals surface area contributed by atoms with E-state index in [1.54, 1.807) is 18.6 Å². The highest BCUT2D eigenvalue weighted by atomic mass is 14.9. The van der Waals surface area contributed by atoms with Gasteiger partial charge in [0.2, 0.25) is 0 Å². The molecule has 88 valence electrons. The lowest BCUT2D eigenvalue weighted by Crippen LogP contribution is -1.93. The van der Waals surface area contributed by atoms with Crippen molar-refractivity contribution in [1.29, 1.82) is 0 Å². The first-order chi connectivity index (χ1) is 8.83. The van der Waals surface area contributed by atoms with Crippen LogP contribution in [-0.4, -0.2) is 9.97 Å². The summed E-state index contributed by atoms with van der Waals surface area (Å²) in [5.74, 6) is 0. The number of nitrogens with one attached hydrogen (secondary N) is 1. The number of benzene rings is 1. The van der Waals surface area contributed by atoms with Gasteiger partial charge in [-0.15, -0.1) is 0 Å². The number of aromatic nitrogens is 2. The molecule has 3 N–H and O–H groups in total. The van der Waals surface area contributed by atoms with Crippen molar-refractivity contribution in [2.45, 2.75) is 0 Å². The molecule has 0 radical (unpaired) electrons. The van der Waals surface area contributed by atoms with Gasteiger partial charge in [-0.3, -0.25) is 9.97 Å². The summed E-state index contributed by atoms with van der Waals surface area (Å²) in [6.45, 7) is 0. The van der Waals surface area contributed by atoms with Gasteiger partial charge < -0.3 is 11.1 Å². The molecular formula is C14H12N4. The standard InChI is InChI=1S/C14H12N4/c15-10-1-2-13-12(9-10)14(5-8-17-13)18-11-3-6-16-7-4-11/h1-9H,15H2,(H,16,17,18). The molecule has 2 heterocycles. The summed E-state index contributed by atoms with van der Waals surface area (Å²) in [6.07, 6.45) is 5.28. The van der Waals surface area contributed by atoms with E-state index in [1.807, 2.05) is 36.4 Å². The third-order valence-electron chi connectivity index (χ3n) is 2.72. The summed E-state index contributed by atoms with van der Waals surface area (Å²) < 4.78 is 0. The van der Waals surface area contributed by atoms with Crippen LogP contribution in [0.15, 0.2) is 55.0 Å². The van der Waals surface area contributed by atoms with Crippen LogP contribution in [0.2, 0.25) is 0 Å². The van der Waals surface area contributed by atoms with Gasteiger partial charge in [-0.1, -0.05) is 0 Å². The molecule has 0 amide bonds. The number of anilines is 3. The Morgan fingerprint density at radius 1 is 0.944 bits per heavy atom. The van der Waals surface area contributed by atoms with Crippen LogP contribution >= 0.6 is 0 Å². The lowest BCUT2D eigenvalue weighted by molar-refractivity contribution is 1.32. The van der Waals surface area contributed by atoms with Crippen LogP contribution in [0.4, 0.5) is 17.1 Å². The predicted octanol–water partition coefficient (Wildman–Crippen LogP) is 2.96. The summed E-state index contributed by atoms with van der Waals surface area (Å²) in [5, 5.41) is 4.35. The zero-order chi connectivity index (χ0) is 12.4. The average Bonchev–Trinajstić information content (AvgIpc) is 2.41. The number of nitrogen functional groups attached to an aromatic ring is 1. The Hall–Kier alpha value is -2.62. The van der Waals surface area contributed by atoms with E-state index in [2.05, 4.69) is 15.3 Å². The van der Waals surface area contributed by atoms with E-state index in [4.69, 9.17) is 5.73 Å². The van der Waals surface area contributed by atoms with Crippen molar-refractivity contribution in [1.82, 2.24) is 9.97 Å². The molecule has 0 saturated heterocycles. The highest BCUT2D eigenvalue weighted by molar-refractivity contribution is 5.94. The van der Waals surface area contributed by atoms with Crippen molar-refractivity contribution in [2.75, 3.05) is 11.1 Å². The van der Waals surface area contributed by atoms with Gasteiger partial charge in [0.05, 0.1) is 5.52 Å². The van der Waals surface area contributed by atoms with Gasteiger partial charge in [-0.2, -0.15) is 0 Å². The Bertz CT molecular complexity index is 680. The van der Waals surface area contributed by atoms with Gasteiger partial charge in [0.15, 0.2) is 0 Å². The minimum absolute atomic E-state index is 0.730. The van der Waals surface area contributed by atoms with Crippen LogP contribution in [-0.2, 0) is 0 Å². The second-order valence-corrected chi connectivity index (χ2v) is 4.00. The molecule has 4 nitrogen and oxygen atoms in total. The summed E-state index contributed by atoms with van der Waals surface area (Å²) in [7, 11) is 0. The molecule has 0 aliphatic rings. The van der Waals surface area contributed by atoms with Gasteiger partial charge >= 0.3 is 0 Å². The smallest absolute Gasteiger partial charge is 0.0724 e. The lowest BCUT2D eigenvalue weighted by Gasteiger charge is -2.09. The van der Waals surface area contributed by atoms with Gasteiger partial charge in [0.25, 0.3) is 0 Å². The average molecular weight is 236 g/mol. The van der Waals surface area contributed by atoms with Gasteiger partial charge in [0.1, 0.15) is 0 Å². The second-order valence-electron chi connectivity index (χ2n) is 4.00. The minimum atomic E-state index is 0.730. The number of nitrogens with two attached hydrogens (primary N) is 1. The Morgan fingerprint density at radius 3 is 2.61 bits per heavy atom. The molecule has 0 saturated carbocycles. The first-order valence-electron chi connectivity index (χ1n) is 5.64. The molecule has 3 aromatic rings. The Kier molecular flexibility index (Phi) is 2.53. The first-order valence-corrected chi connectivity index (χ1v) is 5.64. The number of pyridine rings is 2. The van der Waals surface area contributed by atoms with Gasteiger partial charge in [-0.05, 0) is 36.4 Å². The highest BCUT2D eigenvalue weighted by Crippen LogP contribution is 2.26. The maximum absolute atomic E-state index is 5.82. The van der Waals surface area contributed by atoms with E-state index >= 15 is 0 Å². The van der Waals surface area contributed by atoms with E-state index in [-0.39, 0.29) is 0 Å². The van der Waals surface area contributed by atoms with E-state index < -0.39 is 0 Å².